The maximum absolute atomic E-state index is 5.42. The van der Waals surface area contributed by atoms with E-state index in [4.69, 9.17) is 9.47 Å². The Morgan fingerprint density at radius 1 is 1.20 bits per heavy atom. The summed E-state index contributed by atoms with van der Waals surface area (Å²) in [5.41, 5.74) is 4.51. The molecule has 1 aromatic rings. The van der Waals surface area contributed by atoms with Gasteiger partial charge in [-0.05, 0) is 49.3 Å². The Morgan fingerprint density at radius 3 is 2.80 bits per heavy atom. The molecule has 0 fully saturated rings. The number of hydrogen-bond donors (Lipinski definition) is 1. The van der Waals surface area contributed by atoms with Crippen LogP contribution in [0.25, 0.3) is 0 Å². The highest BCUT2D eigenvalue weighted by molar-refractivity contribution is 5.56. The average Bonchev–Trinajstić information content (AvgIpc) is 2.84. The van der Waals surface area contributed by atoms with Gasteiger partial charge < -0.3 is 14.8 Å². The van der Waals surface area contributed by atoms with Crippen LogP contribution in [0.4, 0.5) is 5.69 Å². The molecule has 0 unspecified atom stereocenters. The highest BCUT2D eigenvalue weighted by Crippen LogP contribution is 2.40. The Hall–Kier alpha value is -1.64. The van der Waals surface area contributed by atoms with E-state index in [0.717, 1.165) is 23.7 Å². The van der Waals surface area contributed by atoms with Gasteiger partial charge in [0.25, 0.3) is 0 Å². The van der Waals surface area contributed by atoms with E-state index in [1.165, 1.54) is 19.3 Å². The Balaban J connectivity index is 1.73. The SMILES string of the molecule is CC1=C(CNc2ccc3c(c2)OCO3)C(C)(C)CCC1. The van der Waals surface area contributed by atoms with Crippen LogP contribution in [0.3, 0.4) is 0 Å². The van der Waals surface area contributed by atoms with Crippen LogP contribution < -0.4 is 14.8 Å². The molecule has 3 heteroatoms. The van der Waals surface area contributed by atoms with Crippen molar-refractivity contribution < 1.29 is 9.47 Å². The fourth-order valence-corrected chi connectivity index (χ4v) is 3.26. The fourth-order valence-electron chi connectivity index (χ4n) is 3.26. The number of anilines is 1. The molecule has 1 aromatic carbocycles. The lowest BCUT2D eigenvalue weighted by atomic mass is 9.73. The zero-order valence-electron chi connectivity index (χ0n) is 12.6. The van der Waals surface area contributed by atoms with Crippen molar-refractivity contribution in [3.05, 3.63) is 29.3 Å². The van der Waals surface area contributed by atoms with Crippen molar-refractivity contribution >= 4 is 5.69 Å². The number of fused-ring (bicyclic) bond motifs is 1. The van der Waals surface area contributed by atoms with Gasteiger partial charge >= 0.3 is 0 Å². The lowest BCUT2D eigenvalue weighted by Crippen LogP contribution is -2.25. The van der Waals surface area contributed by atoms with Crippen molar-refractivity contribution in [2.24, 2.45) is 5.41 Å². The zero-order chi connectivity index (χ0) is 14.2. The Morgan fingerprint density at radius 2 is 2.00 bits per heavy atom. The summed E-state index contributed by atoms with van der Waals surface area (Å²) in [6.45, 7) is 8.23. The van der Waals surface area contributed by atoms with Crippen molar-refractivity contribution in [1.82, 2.24) is 0 Å². The molecule has 1 heterocycles. The summed E-state index contributed by atoms with van der Waals surface area (Å²) in [7, 11) is 0. The molecule has 0 saturated heterocycles. The molecule has 0 saturated carbocycles. The molecule has 3 rings (SSSR count). The first-order valence-electron chi connectivity index (χ1n) is 7.39. The lowest BCUT2D eigenvalue weighted by Gasteiger charge is -2.35. The molecule has 1 aliphatic carbocycles. The highest BCUT2D eigenvalue weighted by atomic mass is 16.7. The molecular formula is C17H23NO2. The normalized spacial score (nSPS) is 20.1. The molecule has 3 nitrogen and oxygen atoms in total. The summed E-state index contributed by atoms with van der Waals surface area (Å²) in [5, 5.41) is 3.54. The van der Waals surface area contributed by atoms with Crippen LogP contribution in [0.15, 0.2) is 29.3 Å². The maximum Gasteiger partial charge on any atom is 0.231 e. The molecule has 0 spiro atoms. The van der Waals surface area contributed by atoms with Crippen LogP contribution in [-0.4, -0.2) is 13.3 Å². The minimum atomic E-state index is 0.311. The van der Waals surface area contributed by atoms with Crippen LogP contribution in [0.2, 0.25) is 0 Å². The summed E-state index contributed by atoms with van der Waals surface area (Å²) >= 11 is 0. The number of allylic oxidation sites excluding steroid dienone is 1. The van der Waals surface area contributed by atoms with Gasteiger partial charge in [-0.25, -0.2) is 0 Å². The van der Waals surface area contributed by atoms with Crippen LogP contribution in [0, 0.1) is 5.41 Å². The Labute approximate surface area is 121 Å². The second-order valence-corrected chi connectivity index (χ2v) is 6.42. The Kier molecular flexibility index (Phi) is 3.36. The van der Waals surface area contributed by atoms with E-state index in [1.807, 2.05) is 12.1 Å². The van der Waals surface area contributed by atoms with E-state index in [1.54, 1.807) is 11.1 Å². The molecular weight excluding hydrogens is 250 g/mol. The predicted molar refractivity (Wildman–Crippen MR) is 81.4 cm³/mol. The monoisotopic (exact) mass is 273 g/mol. The van der Waals surface area contributed by atoms with Gasteiger partial charge in [0.2, 0.25) is 6.79 Å². The van der Waals surface area contributed by atoms with Gasteiger partial charge in [-0.2, -0.15) is 0 Å². The third kappa shape index (κ3) is 2.49. The van der Waals surface area contributed by atoms with Crippen LogP contribution >= 0.6 is 0 Å². The van der Waals surface area contributed by atoms with Crippen molar-refractivity contribution in [3.8, 4) is 11.5 Å². The highest BCUT2D eigenvalue weighted by Gasteiger charge is 2.28. The molecule has 0 radical (unpaired) electrons. The first kappa shape index (κ1) is 13.3. The summed E-state index contributed by atoms with van der Waals surface area (Å²) in [5.74, 6) is 1.67. The molecule has 0 amide bonds. The molecule has 1 N–H and O–H groups in total. The predicted octanol–water partition coefficient (Wildman–Crippen LogP) is 4.35. The quantitative estimate of drug-likeness (QED) is 0.830. The molecule has 2 aliphatic rings. The van der Waals surface area contributed by atoms with Gasteiger partial charge in [-0.15, -0.1) is 0 Å². The van der Waals surface area contributed by atoms with Crippen LogP contribution in [-0.2, 0) is 0 Å². The van der Waals surface area contributed by atoms with Gasteiger partial charge in [0.05, 0.1) is 0 Å². The topological polar surface area (TPSA) is 30.5 Å². The standard InChI is InChI=1S/C17H23NO2/c1-12-5-4-8-17(2,3)14(12)10-18-13-6-7-15-16(9-13)20-11-19-15/h6-7,9,18H,4-5,8,10-11H2,1-3H3. The summed E-state index contributed by atoms with van der Waals surface area (Å²) in [6.07, 6.45) is 3.83. The summed E-state index contributed by atoms with van der Waals surface area (Å²) in [4.78, 5) is 0. The number of rotatable bonds is 3. The lowest BCUT2D eigenvalue weighted by molar-refractivity contribution is 0.174. The van der Waals surface area contributed by atoms with Gasteiger partial charge in [0.1, 0.15) is 0 Å². The second-order valence-electron chi connectivity index (χ2n) is 6.42. The van der Waals surface area contributed by atoms with Crippen molar-refractivity contribution in [2.75, 3.05) is 18.7 Å². The van der Waals surface area contributed by atoms with E-state index in [0.29, 0.717) is 12.2 Å². The largest absolute Gasteiger partial charge is 0.454 e. The van der Waals surface area contributed by atoms with Gasteiger partial charge in [-0.1, -0.05) is 19.4 Å². The molecule has 20 heavy (non-hydrogen) atoms. The van der Waals surface area contributed by atoms with Gasteiger partial charge in [0.15, 0.2) is 11.5 Å². The fraction of sp³-hybridized carbons (Fsp3) is 0.529. The number of ether oxygens (including phenoxy) is 2. The van der Waals surface area contributed by atoms with Crippen LogP contribution in [0.1, 0.15) is 40.0 Å². The van der Waals surface area contributed by atoms with E-state index >= 15 is 0 Å². The summed E-state index contributed by atoms with van der Waals surface area (Å²) in [6, 6.07) is 6.05. The number of benzene rings is 1. The molecule has 108 valence electrons. The summed E-state index contributed by atoms with van der Waals surface area (Å²) < 4.78 is 10.8. The Bertz CT molecular complexity index is 546. The minimum Gasteiger partial charge on any atom is -0.454 e. The molecule has 0 bridgehead atoms. The van der Waals surface area contributed by atoms with Crippen molar-refractivity contribution in [3.63, 3.8) is 0 Å². The van der Waals surface area contributed by atoms with Crippen molar-refractivity contribution in [2.45, 2.75) is 40.0 Å². The third-order valence-electron chi connectivity index (χ3n) is 4.53. The smallest absolute Gasteiger partial charge is 0.231 e. The van der Waals surface area contributed by atoms with E-state index < -0.39 is 0 Å². The van der Waals surface area contributed by atoms with E-state index in [-0.39, 0.29) is 0 Å². The molecule has 1 aliphatic heterocycles. The van der Waals surface area contributed by atoms with Crippen LogP contribution in [0.5, 0.6) is 11.5 Å². The van der Waals surface area contributed by atoms with Crippen molar-refractivity contribution in [1.29, 1.82) is 0 Å². The first-order chi connectivity index (χ1) is 9.56. The van der Waals surface area contributed by atoms with Gasteiger partial charge in [-0.3, -0.25) is 0 Å². The molecule has 0 atom stereocenters. The second kappa shape index (κ2) is 5.04. The maximum atomic E-state index is 5.42. The zero-order valence-corrected chi connectivity index (χ0v) is 12.6. The van der Waals surface area contributed by atoms with Gasteiger partial charge in [0, 0.05) is 18.3 Å². The number of nitrogens with one attached hydrogen (secondary N) is 1. The van der Waals surface area contributed by atoms with E-state index in [9.17, 15) is 0 Å². The molecule has 0 aromatic heterocycles. The first-order valence-corrected chi connectivity index (χ1v) is 7.39. The minimum absolute atomic E-state index is 0.311. The number of hydrogen-bond acceptors (Lipinski definition) is 3. The van der Waals surface area contributed by atoms with E-state index in [2.05, 4.69) is 32.2 Å². The average molecular weight is 273 g/mol. The third-order valence-corrected chi connectivity index (χ3v) is 4.53.